The van der Waals surface area contributed by atoms with Crippen LogP contribution in [0.15, 0.2) is 5.16 Å². The molecule has 0 aromatic carbocycles. The fourth-order valence-electron chi connectivity index (χ4n) is 1.82. The molecule has 7 nitrogen and oxygen atoms in total. The lowest BCUT2D eigenvalue weighted by Crippen LogP contribution is -2.56. The van der Waals surface area contributed by atoms with Crippen molar-refractivity contribution in [3.8, 4) is 0 Å². The molecule has 0 radical (unpaired) electrons. The van der Waals surface area contributed by atoms with E-state index in [-0.39, 0.29) is 18.3 Å². The SMILES string of the molecule is CC(C)(CNC(=O)C1(C(N)=NO)CCC1)S(C)(=O)=O. The molecule has 1 saturated carbocycles. The summed E-state index contributed by atoms with van der Waals surface area (Å²) in [5.41, 5.74) is 4.58. The Labute approximate surface area is 113 Å². The van der Waals surface area contributed by atoms with Gasteiger partial charge in [-0.25, -0.2) is 8.42 Å². The maximum Gasteiger partial charge on any atom is 0.234 e. The summed E-state index contributed by atoms with van der Waals surface area (Å²) in [6.45, 7) is 3.07. The number of nitrogens with one attached hydrogen (secondary N) is 1. The van der Waals surface area contributed by atoms with Gasteiger partial charge in [-0.2, -0.15) is 0 Å². The molecule has 1 aliphatic carbocycles. The number of rotatable bonds is 5. The molecule has 0 aliphatic heterocycles. The molecule has 1 rings (SSSR count). The van der Waals surface area contributed by atoms with Crippen LogP contribution in [0, 0.1) is 5.41 Å². The summed E-state index contributed by atoms with van der Waals surface area (Å²) in [6, 6.07) is 0. The number of carbonyl (C=O) groups is 1. The van der Waals surface area contributed by atoms with Gasteiger partial charge in [-0.3, -0.25) is 4.79 Å². The van der Waals surface area contributed by atoms with Gasteiger partial charge >= 0.3 is 0 Å². The van der Waals surface area contributed by atoms with Crippen LogP contribution in [-0.4, -0.2) is 42.9 Å². The van der Waals surface area contributed by atoms with Crippen LogP contribution in [0.1, 0.15) is 33.1 Å². The Balaban J connectivity index is 2.76. The van der Waals surface area contributed by atoms with E-state index in [4.69, 9.17) is 10.9 Å². The molecule has 1 fully saturated rings. The van der Waals surface area contributed by atoms with Gasteiger partial charge in [0.1, 0.15) is 5.41 Å². The zero-order chi connectivity index (χ0) is 14.9. The minimum Gasteiger partial charge on any atom is -0.409 e. The Morgan fingerprint density at radius 1 is 1.47 bits per heavy atom. The average molecular weight is 291 g/mol. The van der Waals surface area contributed by atoms with E-state index in [1.807, 2.05) is 0 Å². The molecule has 110 valence electrons. The monoisotopic (exact) mass is 291 g/mol. The largest absolute Gasteiger partial charge is 0.409 e. The van der Waals surface area contributed by atoms with Crippen molar-refractivity contribution in [1.82, 2.24) is 5.32 Å². The first kappa shape index (κ1) is 15.7. The van der Waals surface area contributed by atoms with E-state index in [9.17, 15) is 13.2 Å². The van der Waals surface area contributed by atoms with Gasteiger partial charge in [-0.15, -0.1) is 0 Å². The van der Waals surface area contributed by atoms with E-state index in [0.29, 0.717) is 12.8 Å². The van der Waals surface area contributed by atoms with Gasteiger partial charge in [-0.1, -0.05) is 11.6 Å². The maximum absolute atomic E-state index is 12.1. The normalized spacial score (nSPS) is 19.6. The van der Waals surface area contributed by atoms with Gasteiger partial charge in [0, 0.05) is 12.8 Å². The lowest BCUT2D eigenvalue weighted by atomic mass is 9.67. The number of hydrogen-bond acceptors (Lipinski definition) is 5. The van der Waals surface area contributed by atoms with Crippen molar-refractivity contribution in [1.29, 1.82) is 0 Å². The fourth-order valence-corrected chi connectivity index (χ4v) is 2.15. The molecule has 0 atom stereocenters. The molecule has 0 heterocycles. The first-order chi connectivity index (χ1) is 8.57. The number of hydrogen-bond donors (Lipinski definition) is 3. The van der Waals surface area contributed by atoms with Crippen molar-refractivity contribution < 1.29 is 18.4 Å². The third kappa shape index (κ3) is 2.83. The van der Waals surface area contributed by atoms with Crippen molar-refractivity contribution in [3.05, 3.63) is 0 Å². The van der Waals surface area contributed by atoms with Crippen LogP contribution < -0.4 is 11.1 Å². The number of amidine groups is 1. The lowest BCUT2D eigenvalue weighted by molar-refractivity contribution is -0.131. The predicted molar refractivity (Wildman–Crippen MR) is 71.6 cm³/mol. The van der Waals surface area contributed by atoms with E-state index in [0.717, 1.165) is 12.7 Å². The van der Waals surface area contributed by atoms with Crippen molar-refractivity contribution in [2.75, 3.05) is 12.8 Å². The van der Waals surface area contributed by atoms with Gasteiger partial charge < -0.3 is 16.3 Å². The number of sulfone groups is 1. The minimum atomic E-state index is -3.28. The van der Waals surface area contributed by atoms with Gasteiger partial charge in [0.15, 0.2) is 15.7 Å². The topological polar surface area (TPSA) is 122 Å². The second-order valence-corrected chi connectivity index (χ2v) is 8.28. The van der Waals surface area contributed by atoms with Crippen molar-refractivity contribution in [2.45, 2.75) is 37.9 Å². The Bertz CT molecular complexity index is 492. The van der Waals surface area contributed by atoms with Crippen LogP contribution in [0.4, 0.5) is 0 Å². The quantitative estimate of drug-likeness (QED) is 0.281. The molecule has 0 aromatic rings. The standard InChI is InChI=1S/C11H21N3O4S/c1-10(2,19(3,17)18)7-13-9(15)11(5-4-6-11)8(12)14-16/h16H,4-7H2,1-3H3,(H2,12,14)(H,13,15). The molecular formula is C11H21N3O4S. The fraction of sp³-hybridized carbons (Fsp3) is 0.818. The number of nitrogens with zero attached hydrogens (tertiary/aromatic N) is 1. The summed E-state index contributed by atoms with van der Waals surface area (Å²) in [4.78, 5) is 12.1. The highest BCUT2D eigenvalue weighted by molar-refractivity contribution is 7.92. The summed E-state index contributed by atoms with van der Waals surface area (Å²) >= 11 is 0. The van der Waals surface area contributed by atoms with Crippen LogP contribution in [0.3, 0.4) is 0 Å². The molecule has 4 N–H and O–H groups in total. The second-order valence-electron chi connectivity index (χ2n) is 5.64. The van der Waals surface area contributed by atoms with Crippen LogP contribution in [-0.2, 0) is 14.6 Å². The van der Waals surface area contributed by atoms with Gasteiger partial charge in [0.2, 0.25) is 5.91 Å². The molecule has 0 bridgehead atoms. The zero-order valence-electron chi connectivity index (χ0n) is 11.4. The van der Waals surface area contributed by atoms with Crippen LogP contribution in [0.25, 0.3) is 0 Å². The minimum absolute atomic E-state index is 0.00880. The molecule has 1 aliphatic rings. The van der Waals surface area contributed by atoms with Gasteiger partial charge in [0.25, 0.3) is 0 Å². The second kappa shape index (κ2) is 4.99. The van der Waals surface area contributed by atoms with Crippen LogP contribution >= 0.6 is 0 Å². The Hall–Kier alpha value is -1.31. The zero-order valence-corrected chi connectivity index (χ0v) is 12.2. The summed E-state index contributed by atoms with van der Waals surface area (Å²) in [5.74, 6) is -0.501. The summed E-state index contributed by atoms with van der Waals surface area (Å²) in [7, 11) is -3.28. The van der Waals surface area contributed by atoms with E-state index in [2.05, 4.69) is 10.5 Å². The van der Waals surface area contributed by atoms with E-state index in [1.54, 1.807) is 13.8 Å². The molecule has 0 unspecified atom stereocenters. The highest BCUT2D eigenvalue weighted by Gasteiger charge is 2.48. The highest BCUT2D eigenvalue weighted by atomic mass is 32.2. The molecular weight excluding hydrogens is 270 g/mol. The number of carbonyl (C=O) groups excluding carboxylic acids is 1. The molecule has 19 heavy (non-hydrogen) atoms. The highest BCUT2D eigenvalue weighted by Crippen LogP contribution is 2.41. The van der Waals surface area contributed by atoms with Crippen molar-refractivity contribution in [2.24, 2.45) is 16.3 Å². The predicted octanol–water partition coefficient (Wildman–Crippen LogP) is -0.157. The van der Waals surface area contributed by atoms with Gasteiger partial charge in [0.05, 0.1) is 4.75 Å². The summed E-state index contributed by atoms with van der Waals surface area (Å²) < 4.78 is 22.0. The molecule has 1 amide bonds. The Morgan fingerprint density at radius 2 is 2.00 bits per heavy atom. The first-order valence-electron chi connectivity index (χ1n) is 6.03. The number of amides is 1. The Morgan fingerprint density at radius 3 is 2.32 bits per heavy atom. The average Bonchev–Trinajstić information content (AvgIpc) is 2.23. The molecule has 0 saturated heterocycles. The third-order valence-corrected chi connectivity index (χ3v) is 6.07. The van der Waals surface area contributed by atoms with Crippen molar-refractivity contribution >= 4 is 21.6 Å². The Kier molecular flexibility index (Phi) is 4.14. The number of oxime groups is 1. The van der Waals surface area contributed by atoms with E-state index in [1.165, 1.54) is 0 Å². The lowest BCUT2D eigenvalue weighted by Gasteiger charge is -2.39. The number of nitrogens with two attached hydrogens (primary N) is 1. The molecule has 0 aromatic heterocycles. The molecule has 0 spiro atoms. The van der Waals surface area contributed by atoms with Crippen molar-refractivity contribution in [3.63, 3.8) is 0 Å². The van der Waals surface area contributed by atoms with E-state index >= 15 is 0 Å². The molecule has 8 heteroatoms. The smallest absolute Gasteiger partial charge is 0.234 e. The maximum atomic E-state index is 12.1. The van der Waals surface area contributed by atoms with Crippen LogP contribution in [0.2, 0.25) is 0 Å². The van der Waals surface area contributed by atoms with Gasteiger partial charge in [-0.05, 0) is 26.7 Å². The third-order valence-electron chi connectivity index (χ3n) is 3.92. The first-order valence-corrected chi connectivity index (χ1v) is 7.92. The summed E-state index contributed by atoms with van der Waals surface area (Å²) in [6.07, 6.45) is 2.96. The van der Waals surface area contributed by atoms with E-state index < -0.39 is 20.0 Å². The van der Waals surface area contributed by atoms with Crippen LogP contribution in [0.5, 0.6) is 0 Å². The summed E-state index contributed by atoms with van der Waals surface area (Å²) in [5, 5.41) is 14.2.